The molecule has 1 amide bonds. The van der Waals surface area contributed by atoms with E-state index in [-0.39, 0.29) is 24.4 Å². The molecule has 1 heterocycles. The number of alkyl halides is 3. The van der Waals surface area contributed by atoms with Crippen LogP contribution in [0.4, 0.5) is 13.2 Å². The summed E-state index contributed by atoms with van der Waals surface area (Å²) >= 11 is 2.19. The van der Waals surface area contributed by atoms with Crippen LogP contribution in [0.15, 0.2) is 24.3 Å². The predicted molar refractivity (Wildman–Crippen MR) is 84.4 cm³/mol. The number of amides is 1. The lowest BCUT2D eigenvalue weighted by atomic mass is 10.0. The fourth-order valence-corrected chi connectivity index (χ4v) is 3.24. The minimum atomic E-state index is -4.80. The molecule has 1 aromatic rings. The zero-order chi connectivity index (χ0) is 15.9. The molecule has 0 aromatic heterocycles. The molecule has 1 aromatic carbocycles. The van der Waals surface area contributed by atoms with E-state index in [4.69, 9.17) is 0 Å². The van der Waals surface area contributed by atoms with Crippen LogP contribution >= 0.6 is 22.6 Å². The van der Waals surface area contributed by atoms with Crippen LogP contribution in [0, 0.1) is 9.49 Å². The third-order valence-corrected chi connectivity index (χ3v) is 5.00. The van der Waals surface area contributed by atoms with Crippen molar-refractivity contribution in [2.24, 2.45) is 5.92 Å². The summed E-state index contributed by atoms with van der Waals surface area (Å²) < 4.78 is 39.6. The Bertz CT molecular complexity index is 557. The Labute approximate surface area is 140 Å². The molecule has 1 aliphatic heterocycles. The first kappa shape index (κ1) is 16.0. The van der Waals surface area contributed by atoms with Crippen LogP contribution in [0.1, 0.15) is 17.9 Å². The van der Waals surface area contributed by atoms with Crippen LogP contribution < -0.4 is 5.32 Å². The summed E-state index contributed by atoms with van der Waals surface area (Å²) in [6, 6.07) is 7.43. The van der Waals surface area contributed by atoms with Gasteiger partial charge in [0.2, 0.25) is 0 Å². The summed E-state index contributed by atoms with van der Waals surface area (Å²) in [6.07, 6.45) is -4.18. The van der Waals surface area contributed by atoms with Gasteiger partial charge in [-0.2, -0.15) is 13.2 Å². The molecule has 1 aliphatic carbocycles. The summed E-state index contributed by atoms with van der Waals surface area (Å²) in [6.45, 7) is 1.56. The number of rotatable bonds is 4. The third kappa shape index (κ3) is 3.40. The molecule has 0 radical (unpaired) electrons. The normalized spacial score (nSPS) is 24.7. The largest absolute Gasteiger partial charge is 0.471 e. The molecule has 7 heteroatoms. The van der Waals surface area contributed by atoms with Crippen molar-refractivity contribution in [3.8, 4) is 0 Å². The van der Waals surface area contributed by atoms with Crippen LogP contribution in [0.2, 0.25) is 0 Å². The van der Waals surface area contributed by atoms with Crippen molar-refractivity contribution in [1.29, 1.82) is 0 Å². The van der Waals surface area contributed by atoms with Gasteiger partial charge < -0.3 is 10.2 Å². The first-order chi connectivity index (χ1) is 10.4. The van der Waals surface area contributed by atoms with Crippen molar-refractivity contribution >= 4 is 28.5 Å². The second-order valence-electron chi connectivity index (χ2n) is 5.94. The number of halogens is 4. The second-order valence-corrected chi connectivity index (χ2v) is 7.19. The first-order valence-electron chi connectivity index (χ1n) is 7.20. The van der Waals surface area contributed by atoms with Crippen molar-refractivity contribution in [2.75, 3.05) is 19.6 Å². The van der Waals surface area contributed by atoms with Gasteiger partial charge in [-0.15, -0.1) is 0 Å². The van der Waals surface area contributed by atoms with Gasteiger partial charge in [-0.3, -0.25) is 4.79 Å². The van der Waals surface area contributed by atoms with Crippen LogP contribution in [-0.4, -0.2) is 42.7 Å². The van der Waals surface area contributed by atoms with E-state index in [1.165, 1.54) is 0 Å². The van der Waals surface area contributed by atoms with Gasteiger partial charge >= 0.3 is 12.1 Å². The first-order valence-corrected chi connectivity index (χ1v) is 8.28. The molecule has 1 N–H and O–H groups in total. The Kier molecular flexibility index (Phi) is 4.37. The van der Waals surface area contributed by atoms with Crippen molar-refractivity contribution in [3.63, 3.8) is 0 Å². The van der Waals surface area contributed by atoms with Crippen molar-refractivity contribution in [1.82, 2.24) is 10.2 Å². The van der Waals surface area contributed by atoms with E-state index >= 15 is 0 Å². The minimum absolute atomic E-state index is 0.0244. The summed E-state index contributed by atoms with van der Waals surface area (Å²) in [5, 5.41) is 3.03. The Balaban J connectivity index is 1.72. The van der Waals surface area contributed by atoms with Gasteiger partial charge in [0, 0.05) is 41.1 Å². The van der Waals surface area contributed by atoms with Crippen LogP contribution in [0.5, 0.6) is 0 Å². The zero-order valence-corrected chi connectivity index (χ0v) is 13.9. The molecule has 2 unspecified atom stereocenters. The van der Waals surface area contributed by atoms with E-state index in [1.807, 2.05) is 24.3 Å². The molecule has 22 heavy (non-hydrogen) atoms. The molecular formula is C15H16F3IN2O. The molecule has 1 saturated carbocycles. The van der Waals surface area contributed by atoms with E-state index in [0.29, 0.717) is 19.5 Å². The number of hydrogen-bond acceptors (Lipinski definition) is 2. The molecule has 1 saturated heterocycles. The van der Waals surface area contributed by atoms with Crippen molar-refractivity contribution in [2.45, 2.75) is 24.6 Å². The highest BCUT2D eigenvalue weighted by Crippen LogP contribution is 2.46. The average Bonchev–Trinajstić information content (AvgIpc) is 3.17. The van der Waals surface area contributed by atoms with Crippen LogP contribution in [-0.2, 0) is 4.79 Å². The molecule has 3 nitrogen and oxygen atoms in total. The second kappa shape index (κ2) is 5.99. The topological polar surface area (TPSA) is 32.3 Å². The van der Waals surface area contributed by atoms with Gasteiger partial charge in [0.05, 0.1) is 0 Å². The molecule has 2 aliphatic rings. The van der Waals surface area contributed by atoms with E-state index in [2.05, 4.69) is 27.9 Å². The van der Waals surface area contributed by atoms with Gasteiger partial charge in [-0.25, -0.2) is 0 Å². The number of nitrogens with zero attached hydrogens (tertiary/aromatic N) is 1. The van der Waals surface area contributed by atoms with E-state index in [1.54, 1.807) is 0 Å². The Morgan fingerprint density at radius 2 is 1.91 bits per heavy atom. The molecule has 2 fully saturated rings. The maximum absolute atomic E-state index is 12.8. The number of hydrogen-bond donors (Lipinski definition) is 1. The van der Waals surface area contributed by atoms with Gasteiger partial charge in [0.15, 0.2) is 0 Å². The van der Waals surface area contributed by atoms with E-state index in [0.717, 1.165) is 14.0 Å². The lowest BCUT2D eigenvalue weighted by molar-refractivity contribution is -0.187. The lowest BCUT2D eigenvalue weighted by Gasteiger charge is -2.34. The number of nitrogens with one attached hydrogen (secondary N) is 1. The molecule has 0 bridgehead atoms. The third-order valence-electron chi connectivity index (χ3n) is 4.28. The molecule has 0 spiro atoms. The Hall–Kier alpha value is -0.830. The Morgan fingerprint density at radius 3 is 2.41 bits per heavy atom. The average molecular weight is 424 g/mol. The molecule has 2 atom stereocenters. The maximum atomic E-state index is 12.8. The highest BCUT2D eigenvalue weighted by atomic mass is 127. The predicted octanol–water partition coefficient (Wildman–Crippen LogP) is 2.76. The summed E-state index contributed by atoms with van der Waals surface area (Å²) in [5.74, 6) is -1.54. The molecular weight excluding hydrogens is 408 g/mol. The summed E-state index contributed by atoms with van der Waals surface area (Å²) in [7, 11) is 0. The molecule has 120 valence electrons. The fraction of sp³-hybridized carbons (Fsp3) is 0.533. The van der Waals surface area contributed by atoms with Gasteiger partial charge in [-0.05, 0) is 46.7 Å². The summed E-state index contributed by atoms with van der Waals surface area (Å²) in [4.78, 5) is 12.8. The highest BCUT2D eigenvalue weighted by molar-refractivity contribution is 14.1. The monoisotopic (exact) mass is 424 g/mol. The SMILES string of the molecule is O=C(N(CC1CNC1)C1CC1c1ccc(I)cc1)C(F)(F)F. The summed E-state index contributed by atoms with van der Waals surface area (Å²) in [5.41, 5.74) is 1.01. The van der Waals surface area contributed by atoms with E-state index in [9.17, 15) is 18.0 Å². The van der Waals surface area contributed by atoms with Gasteiger partial charge in [0.1, 0.15) is 0 Å². The number of carbonyl (C=O) groups excluding carboxylic acids is 1. The van der Waals surface area contributed by atoms with Gasteiger partial charge in [-0.1, -0.05) is 12.1 Å². The smallest absolute Gasteiger partial charge is 0.331 e. The van der Waals surface area contributed by atoms with Crippen LogP contribution in [0.3, 0.4) is 0 Å². The fourth-order valence-electron chi connectivity index (χ4n) is 2.88. The van der Waals surface area contributed by atoms with Gasteiger partial charge in [0.25, 0.3) is 0 Å². The number of benzene rings is 1. The van der Waals surface area contributed by atoms with Crippen molar-refractivity contribution < 1.29 is 18.0 Å². The maximum Gasteiger partial charge on any atom is 0.471 e. The standard InChI is InChI=1S/C15H16F3IN2O/c16-15(17,18)14(22)21(8-9-6-20-7-9)13-5-12(13)10-1-3-11(19)4-2-10/h1-4,9,12-13,20H,5-8H2. The molecule has 3 rings (SSSR count). The minimum Gasteiger partial charge on any atom is -0.331 e. The highest BCUT2D eigenvalue weighted by Gasteiger charge is 2.52. The van der Waals surface area contributed by atoms with Crippen molar-refractivity contribution in [3.05, 3.63) is 33.4 Å². The van der Waals surface area contributed by atoms with E-state index < -0.39 is 12.1 Å². The zero-order valence-electron chi connectivity index (χ0n) is 11.7. The van der Waals surface area contributed by atoms with Crippen LogP contribution in [0.25, 0.3) is 0 Å². The lowest BCUT2D eigenvalue weighted by Crippen LogP contribution is -2.52. The number of carbonyl (C=O) groups is 1. The quantitative estimate of drug-likeness (QED) is 0.755. The Morgan fingerprint density at radius 1 is 1.27 bits per heavy atom.